The summed E-state index contributed by atoms with van der Waals surface area (Å²) in [5, 5.41) is 4.06. The zero-order valence-corrected chi connectivity index (χ0v) is 12.5. The average Bonchev–Trinajstić information content (AvgIpc) is 2.58. The first-order chi connectivity index (χ1) is 8.04. The second kappa shape index (κ2) is 7.01. The van der Waals surface area contributed by atoms with Crippen molar-refractivity contribution in [1.29, 1.82) is 0 Å². The lowest BCUT2D eigenvalue weighted by Gasteiger charge is -2.12. The van der Waals surface area contributed by atoms with E-state index in [0.717, 1.165) is 22.2 Å². The van der Waals surface area contributed by atoms with Gasteiger partial charge in [-0.3, -0.25) is 4.79 Å². The molecular formula is C12H20N2OS2. The van der Waals surface area contributed by atoms with E-state index in [0.29, 0.717) is 6.42 Å². The number of nitrogens with one attached hydrogen (secondary N) is 1. The molecule has 1 aromatic heterocycles. The molecule has 1 amide bonds. The second-order valence-corrected chi connectivity index (χ2v) is 6.71. The first-order valence-corrected chi connectivity index (χ1v) is 7.82. The Morgan fingerprint density at radius 1 is 1.53 bits per heavy atom. The summed E-state index contributed by atoms with van der Waals surface area (Å²) in [5.74, 6) is 2.07. The average molecular weight is 272 g/mol. The molecule has 0 radical (unpaired) electrons. The second-order valence-electron chi connectivity index (χ2n) is 3.91. The van der Waals surface area contributed by atoms with Gasteiger partial charge in [-0.1, -0.05) is 6.92 Å². The van der Waals surface area contributed by atoms with Crippen LogP contribution >= 0.6 is 23.1 Å². The molecule has 3 nitrogen and oxygen atoms in total. The number of thioether (sulfide) groups is 1. The first kappa shape index (κ1) is 14.5. The fraction of sp³-hybridized carbons (Fsp3) is 0.667. The highest BCUT2D eigenvalue weighted by molar-refractivity contribution is 7.99. The van der Waals surface area contributed by atoms with Crippen molar-refractivity contribution < 1.29 is 4.79 Å². The Kier molecular flexibility index (Phi) is 5.98. The number of rotatable bonds is 6. The molecule has 0 saturated carbocycles. The molecule has 17 heavy (non-hydrogen) atoms. The smallest absolute Gasteiger partial charge is 0.221 e. The van der Waals surface area contributed by atoms with E-state index in [4.69, 9.17) is 0 Å². The maximum atomic E-state index is 11.7. The van der Waals surface area contributed by atoms with E-state index in [1.165, 1.54) is 4.88 Å². The van der Waals surface area contributed by atoms with Crippen LogP contribution in [0.1, 0.15) is 41.9 Å². The van der Waals surface area contributed by atoms with Crippen molar-refractivity contribution in [2.75, 3.05) is 11.5 Å². The number of aryl methyl sites for hydroxylation is 2. The standard InChI is InChI=1S/C12H20N2OS2/c1-5-16-7-6-11(15)13-8(2)12-9(3)17-10(4)14-12/h8H,5-7H2,1-4H3,(H,13,15)/t8-/m1/s1. The molecule has 1 heterocycles. The Hall–Kier alpha value is -0.550. The molecule has 0 fully saturated rings. The van der Waals surface area contributed by atoms with Gasteiger partial charge in [0.15, 0.2) is 0 Å². The van der Waals surface area contributed by atoms with Gasteiger partial charge in [-0.15, -0.1) is 11.3 Å². The van der Waals surface area contributed by atoms with Gasteiger partial charge in [0.05, 0.1) is 16.7 Å². The number of hydrogen-bond acceptors (Lipinski definition) is 4. The molecule has 0 unspecified atom stereocenters. The van der Waals surface area contributed by atoms with Crippen molar-refractivity contribution in [2.45, 2.75) is 40.2 Å². The van der Waals surface area contributed by atoms with Crippen LogP contribution in [0.4, 0.5) is 0 Å². The van der Waals surface area contributed by atoms with E-state index in [2.05, 4.69) is 24.1 Å². The van der Waals surface area contributed by atoms with Gasteiger partial charge in [0, 0.05) is 17.1 Å². The van der Waals surface area contributed by atoms with E-state index >= 15 is 0 Å². The van der Waals surface area contributed by atoms with Gasteiger partial charge < -0.3 is 5.32 Å². The summed E-state index contributed by atoms with van der Waals surface area (Å²) in [6.45, 7) is 8.14. The molecule has 1 N–H and O–H groups in total. The number of thiazole rings is 1. The Balaban J connectivity index is 2.46. The Bertz CT molecular complexity index is 377. The van der Waals surface area contributed by atoms with Crippen LogP contribution in [0.3, 0.4) is 0 Å². The molecule has 0 spiro atoms. The normalized spacial score (nSPS) is 12.5. The number of hydrogen-bond donors (Lipinski definition) is 1. The largest absolute Gasteiger partial charge is 0.348 e. The maximum absolute atomic E-state index is 11.7. The van der Waals surface area contributed by atoms with Crippen molar-refractivity contribution in [2.24, 2.45) is 0 Å². The van der Waals surface area contributed by atoms with Crippen LogP contribution in [-0.4, -0.2) is 22.4 Å². The van der Waals surface area contributed by atoms with Gasteiger partial charge >= 0.3 is 0 Å². The van der Waals surface area contributed by atoms with Gasteiger partial charge in [0.1, 0.15) is 0 Å². The Labute approximate surface area is 111 Å². The summed E-state index contributed by atoms with van der Waals surface area (Å²) in [7, 11) is 0. The number of aromatic nitrogens is 1. The van der Waals surface area contributed by atoms with Crippen LogP contribution < -0.4 is 5.32 Å². The fourth-order valence-corrected chi connectivity index (χ4v) is 3.17. The number of carbonyl (C=O) groups is 1. The quantitative estimate of drug-likeness (QED) is 0.809. The topological polar surface area (TPSA) is 42.0 Å². The highest BCUT2D eigenvalue weighted by Gasteiger charge is 2.14. The molecule has 0 bridgehead atoms. The molecule has 5 heteroatoms. The van der Waals surface area contributed by atoms with Crippen molar-refractivity contribution in [1.82, 2.24) is 10.3 Å². The van der Waals surface area contributed by atoms with Gasteiger partial charge in [-0.2, -0.15) is 11.8 Å². The zero-order chi connectivity index (χ0) is 12.8. The highest BCUT2D eigenvalue weighted by Crippen LogP contribution is 2.22. The van der Waals surface area contributed by atoms with E-state index in [1.807, 2.05) is 13.8 Å². The summed E-state index contributed by atoms with van der Waals surface area (Å²) in [5.41, 5.74) is 1.00. The third-order valence-electron chi connectivity index (χ3n) is 2.40. The summed E-state index contributed by atoms with van der Waals surface area (Å²) >= 11 is 3.47. The van der Waals surface area contributed by atoms with Crippen molar-refractivity contribution >= 4 is 29.0 Å². The van der Waals surface area contributed by atoms with Crippen LogP contribution in [0.2, 0.25) is 0 Å². The van der Waals surface area contributed by atoms with E-state index in [-0.39, 0.29) is 11.9 Å². The number of amides is 1. The van der Waals surface area contributed by atoms with Crippen LogP contribution in [0.5, 0.6) is 0 Å². The van der Waals surface area contributed by atoms with Crippen LogP contribution in [-0.2, 0) is 4.79 Å². The van der Waals surface area contributed by atoms with Gasteiger partial charge in [-0.25, -0.2) is 4.98 Å². The predicted octanol–water partition coefficient (Wildman–Crippen LogP) is 3.08. The van der Waals surface area contributed by atoms with Crippen LogP contribution in [0.25, 0.3) is 0 Å². The Morgan fingerprint density at radius 3 is 2.76 bits per heavy atom. The van der Waals surface area contributed by atoms with Gasteiger partial charge in [0.25, 0.3) is 0 Å². The monoisotopic (exact) mass is 272 g/mol. The molecule has 0 aliphatic heterocycles. The molecule has 0 aliphatic carbocycles. The lowest BCUT2D eigenvalue weighted by Crippen LogP contribution is -2.27. The fourth-order valence-electron chi connectivity index (χ4n) is 1.64. The molecule has 0 aromatic carbocycles. The van der Waals surface area contributed by atoms with E-state index in [1.54, 1.807) is 23.1 Å². The van der Waals surface area contributed by atoms with Crippen molar-refractivity contribution in [3.63, 3.8) is 0 Å². The van der Waals surface area contributed by atoms with Crippen LogP contribution in [0.15, 0.2) is 0 Å². The summed E-state index contributed by atoms with van der Waals surface area (Å²) in [6.07, 6.45) is 0.588. The molecule has 0 saturated heterocycles. The molecule has 0 aliphatic rings. The number of carbonyl (C=O) groups excluding carboxylic acids is 1. The molecule has 96 valence electrons. The summed E-state index contributed by atoms with van der Waals surface area (Å²) in [6, 6.07) is 0.0130. The Morgan fingerprint density at radius 2 is 2.24 bits per heavy atom. The van der Waals surface area contributed by atoms with Crippen LogP contribution in [0, 0.1) is 13.8 Å². The lowest BCUT2D eigenvalue weighted by atomic mass is 10.2. The zero-order valence-electron chi connectivity index (χ0n) is 10.9. The van der Waals surface area contributed by atoms with Gasteiger partial charge in [0.2, 0.25) is 5.91 Å². The SMILES string of the molecule is CCSCCC(=O)N[C@H](C)c1nc(C)sc1C. The minimum Gasteiger partial charge on any atom is -0.348 e. The van der Waals surface area contributed by atoms with Crippen molar-refractivity contribution in [3.05, 3.63) is 15.6 Å². The van der Waals surface area contributed by atoms with Crippen molar-refractivity contribution in [3.8, 4) is 0 Å². The third-order valence-corrected chi connectivity index (χ3v) is 4.21. The maximum Gasteiger partial charge on any atom is 0.221 e. The third kappa shape index (κ3) is 4.68. The molecular weight excluding hydrogens is 252 g/mol. The summed E-state index contributed by atoms with van der Waals surface area (Å²) in [4.78, 5) is 17.3. The molecule has 1 rings (SSSR count). The first-order valence-electron chi connectivity index (χ1n) is 5.85. The molecule has 1 atom stereocenters. The number of nitrogens with zero attached hydrogens (tertiary/aromatic N) is 1. The van der Waals surface area contributed by atoms with E-state index < -0.39 is 0 Å². The minimum absolute atomic E-state index is 0.0130. The minimum atomic E-state index is 0.0130. The van der Waals surface area contributed by atoms with Gasteiger partial charge in [-0.05, 0) is 26.5 Å². The molecule has 1 aromatic rings. The highest BCUT2D eigenvalue weighted by atomic mass is 32.2. The lowest BCUT2D eigenvalue weighted by molar-refractivity contribution is -0.121. The van der Waals surface area contributed by atoms with E-state index in [9.17, 15) is 4.79 Å². The predicted molar refractivity (Wildman–Crippen MR) is 75.8 cm³/mol. The summed E-state index contributed by atoms with van der Waals surface area (Å²) < 4.78 is 0.